The first kappa shape index (κ1) is 32.8. The zero-order valence-electron chi connectivity index (χ0n) is 26.6. The highest BCUT2D eigenvalue weighted by Crippen LogP contribution is 2.39. The van der Waals surface area contributed by atoms with Crippen molar-refractivity contribution in [1.29, 1.82) is 0 Å². The fourth-order valence-corrected chi connectivity index (χ4v) is 5.62. The molecule has 0 spiro atoms. The molecule has 3 unspecified atom stereocenters. The molecule has 1 aliphatic rings. The Morgan fingerprint density at radius 2 is 1.63 bits per heavy atom. The number of methoxy groups -OCH3 is 4. The second-order valence-electron chi connectivity index (χ2n) is 11.3. The molecule has 4 aromatic rings. The summed E-state index contributed by atoms with van der Waals surface area (Å²) in [7, 11) is 5.95. The minimum Gasteiger partial charge on any atom is -0.497 e. The summed E-state index contributed by atoms with van der Waals surface area (Å²) < 4.78 is 39.4. The van der Waals surface area contributed by atoms with E-state index in [9.17, 15) is 19.8 Å². The SMILES string of the molecule is COc1cccc(-c2cc(C(=O)Nc3cc4c(OC)cc(O[C@@H]5OC(C)(C)C(OC)C(O)C5O)c(C)c4oc3=O)ccc2OC)c1. The van der Waals surface area contributed by atoms with Crippen LogP contribution in [0.2, 0.25) is 0 Å². The van der Waals surface area contributed by atoms with Crippen LogP contribution in [0.1, 0.15) is 29.8 Å². The molecule has 0 aliphatic carbocycles. The van der Waals surface area contributed by atoms with Crippen molar-refractivity contribution in [2.45, 2.75) is 51.0 Å². The van der Waals surface area contributed by atoms with Crippen LogP contribution in [-0.4, -0.2) is 74.8 Å². The number of fused-ring (bicyclic) bond motifs is 1. The number of amides is 1. The molecule has 1 saturated heterocycles. The molecule has 0 radical (unpaired) electrons. The van der Waals surface area contributed by atoms with Crippen molar-refractivity contribution in [3.05, 3.63) is 76.1 Å². The minimum atomic E-state index is -1.44. The summed E-state index contributed by atoms with van der Waals surface area (Å²) in [4.78, 5) is 26.5. The van der Waals surface area contributed by atoms with Gasteiger partial charge >= 0.3 is 5.63 Å². The van der Waals surface area contributed by atoms with E-state index in [-0.39, 0.29) is 28.3 Å². The Hall–Kier alpha value is -4.62. The lowest BCUT2D eigenvalue weighted by atomic mass is 9.89. The molecule has 3 aromatic carbocycles. The minimum absolute atomic E-state index is 0.107. The van der Waals surface area contributed by atoms with Gasteiger partial charge in [-0.15, -0.1) is 0 Å². The Morgan fingerprint density at radius 3 is 2.30 bits per heavy atom. The second kappa shape index (κ2) is 13.0. The fourth-order valence-electron chi connectivity index (χ4n) is 5.62. The van der Waals surface area contributed by atoms with Crippen LogP contribution in [0.4, 0.5) is 5.69 Å². The molecule has 5 rings (SSSR count). The Morgan fingerprint density at radius 1 is 0.891 bits per heavy atom. The van der Waals surface area contributed by atoms with Crippen LogP contribution in [-0.2, 0) is 9.47 Å². The zero-order valence-corrected chi connectivity index (χ0v) is 26.6. The van der Waals surface area contributed by atoms with E-state index >= 15 is 0 Å². The number of benzene rings is 3. The predicted octanol–water partition coefficient (Wildman–Crippen LogP) is 4.30. The van der Waals surface area contributed by atoms with Gasteiger partial charge in [0.15, 0.2) is 0 Å². The highest BCUT2D eigenvalue weighted by Gasteiger charge is 2.50. The largest absolute Gasteiger partial charge is 0.497 e. The van der Waals surface area contributed by atoms with Crippen LogP contribution in [0.3, 0.4) is 0 Å². The molecule has 1 aliphatic heterocycles. The molecular formula is C34H37NO11. The number of carbonyl (C=O) groups excluding carboxylic acids is 1. The van der Waals surface area contributed by atoms with E-state index in [1.165, 1.54) is 27.4 Å². The normalized spacial score (nSPS) is 20.6. The standard InChI is InChI=1S/C34H37NO11/c1-17-25(44-33-28(37)27(36)30(43-7)34(2,3)46-33)16-26(42-6)22-15-23(32(39)45-29(17)22)35-31(38)19-11-12-24(41-5)21(14-19)18-9-8-10-20(13-18)40-4/h8-16,27-28,30,33,36-37H,1-7H3,(H,35,38)/t27?,28?,30?,33-/m1/s1. The molecule has 1 fully saturated rings. The van der Waals surface area contributed by atoms with Gasteiger partial charge in [-0.1, -0.05) is 12.1 Å². The van der Waals surface area contributed by atoms with Crippen molar-refractivity contribution in [3.63, 3.8) is 0 Å². The summed E-state index contributed by atoms with van der Waals surface area (Å²) in [6.07, 6.45) is -4.80. The summed E-state index contributed by atoms with van der Waals surface area (Å²) in [6, 6.07) is 15.3. The highest BCUT2D eigenvalue weighted by atomic mass is 16.7. The topological polar surface area (TPSA) is 155 Å². The van der Waals surface area contributed by atoms with E-state index < -0.39 is 41.7 Å². The fraction of sp³-hybridized carbons (Fsp3) is 0.353. The van der Waals surface area contributed by atoms with Crippen molar-refractivity contribution in [2.24, 2.45) is 0 Å². The smallest absolute Gasteiger partial charge is 0.360 e. The van der Waals surface area contributed by atoms with Crippen molar-refractivity contribution in [2.75, 3.05) is 33.8 Å². The number of ether oxygens (including phenoxy) is 6. The number of aliphatic hydroxyl groups is 2. The first-order valence-corrected chi connectivity index (χ1v) is 14.4. The molecule has 3 N–H and O–H groups in total. The summed E-state index contributed by atoms with van der Waals surface area (Å²) >= 11 is 0. The lowest BCUT2D eigenvalue weighted by molar-refractivity contribution is -0.306. The van der Waals surface area contributed by atoms with Gasteiger partial charge in [-0.25, -0.2) is 4.79 Å². The molecule has 4 atom stereocenters. The van der Waals surface area contributed by atoms with E-state index in [4.69, 9.17) is 32.8 Å². The molecule has 12 heteroatoms. The Balaban J connectivity index is 1.46. The van der Waals surface area contributed by atoms with Gasteiger partial charge in [0.25, 0.3) is 5.91 Å². The molecular weight excluding hydrogens is 598 g/mol. The van der Waals surface area contributed by atoms with Gasteiger partial charge < -0.3 is 48.4 Å². The third-order valence-corrected chi connectivity index (χ3v) is 8.04. The average molecular weight is 636 g/mol. The van der Waals surface area contributed by atoms with Crippen LogP contribution >= 0.6 is 0 Å². The van der Waals surface area contributed by atoms with Crippen molar-refractivity contribution < 1.29 is 47.8 Å². The van der Waals surface area contributed by atoms with Gasteiger partial charge in [0.2, 0.25) is 6.29 Å². The number of nitrogens with one attached hydrogen (secondary N) is 1. The van der Waals surface area contributed by atoms with E-state index in [0.717, 1.165) is 5.56 Å². The molecule has 2 heterocycles. The van der Waals surface area contributed by atoms with Gasteiger partial charge in [0.05, 0.1) is 32.3 Å². The van der Waals surface area contributed by atoms with Crippen molar-refractivity contribution >= 4 is 22.6 Å². The molecule has 244 valence electrons. The maximum atomic E-state index is 13.4. The third kappa shape index (κ3) is 6.12. The van der Waals surface area contributed by atoms with Crippen LogP contribution in [0.25, 0.3) is 22.1 Å². The first-order valence-electron chi connectivity index (χ1n) is 14.4. The van der Waals surface area contributed by atoms with Gasteiger partial charge in [0.1, 0.15) is 52.6 Å². The van der Waals surface area contributed by atoms with Crippen LogP contribution in [0.5, 0.6) is 23.0 Å². The van der Waals surface area contributed by atoms with Gasteiger partial charge in [-0.05, 0) is 62.7 Å². The Labute approximate surface area is 265 Å². The molecule has 0 bridgehead atoms. The number of aryl methyl sites for hydroxylation is 1. The number of anilines is 1. The van der Waals surface area contributed by atoms with E-state index in [1.54, 1.807) is 52.1 Å². The van der Waals surface area contributed by atoms with E-state index in [2.05, 4.69) is 5.32 Å². The maximum Gasteiger partial charge on any atom is 0.360 e. The lowest BCUT2D eigenvalue weighted by Crippen LogP contribution is -2.63. The lowest BCUT2D eigenvalue weighted by Gasteiger charge is -2.46. The number of carbonyl (C=O) groups is 1. The van der Waals surface area contributed by atoms with Crippen molar-refractivity contribution in [3.8, 4) is 34.1 Å². The van der Waals surface area contributed by atoms with Crippen LogP contribution in [0, 0.1) is 6.92 Å². The molecule has 1 amide bonds. The zero-order chi connectivity index (χ0) is 33.3. The molecule has 1 aromatic heterocycles. The van der Waals surface area contributed by atoms with Crippen LogP contribution in [0.15, 0.2) is 63.8 Å². The van der Waals surface area contributed by atoms with Gasteiger partial charge in [0, 0.05) is 29.9 Å². The number of hydrogen-bond acceptors (Lipinski definition) is 11. The Bertz CT molecular complexity index is 1820. The number of aliphatic hydroxyl groups excluding tert-OH is 2. The molecule has 0 saturated carbocycles. The maximum absolute atomic E-state index is 13.4. The van der Waals surface area contributed by atoms with Crippen LogP contribution < -0.4 is 29.9 Å². The molecule has 46 heavy (non-hydrogen) atoms. The monoisotopic (exact) mass is 635 g/mol. The predicted molar refractivity (Wildman–Crippen MR) is 169 cm³/mol. The summed E-state index contributed by atoms with van der Waals surface area (Å²) in [5.41, 5.74) is 0.342. The third-order valence-electron chi connectivity index (χ3n) is 8.04. The quantitative estimate of drug-likeness (QED) is 0.226. The van der Waals surface area contributed by atoms with Crippen molar-refractivity contribution in [1.82, 2.24) is 0 Å². The highest BCUT2D eigenvalue weighted by molar-refractivity contribution is 6.06. The number of rotatable bonds is 9. The summed E-state index contributed by atoms with van der Waals surface area (Å²) in [5.74, 6) is 1.10. The van der Waals surface area contributed by atoms with Gasteiger partial charge in [-0.3, -0.25) is 4.79 Å². The van der Waals surface area contributed by atoms with Gasteiger partial charge in [-0.2, -0.15) is 0 Å². The van der Waals surface area contributed by atoms with E-state index in [1.807, 2.05) is 24.3 Å². The Kier molecular flexibility index (Phi) is 9.27. The average Bonchev–Trinajstić information content (AvgIpc) is 3.05. The second-order valence-corrected chi connectivity index (χ2v) is 11.3. The van der Waals surface area contributed by atoms with E-state index in [0.29, 0.717) is 28.0 Å². The summed E-state index contributed by atoms with van der Waals surface area (Å²) in [6.45, 7) is 5.08. The molecule has 12 nitrogen and oxygen atoms in total. The first-order chi connectivity index (χ1) is 21.9. The summed E-state index contributed by atoms with van der Waals surface area (Å²) in [5, 5.41) is 24.4. The number of hydrogen-bond donors (Lipinski definition) is 3.